The van der Waals surface area contributed by atoms with Crippen molar-refractivity contribution in [3.8, 4) is 10.4 Å². The minimum Gasteiger partial charge on any atom is -0.326 e. The first-order chi connectivity index (χ1) is 12.7. The summed E-state index contributed by atoms with van der Waals surface area (Å²) in [6.45, 7) is 6.10. The number of hydrogen-bond acceptors (Lipinski definition) is 6. The van der Waals surface area contributed by atoms with E-state index in [4.69, 9.17) is 4.55 Å². The highest BCUT2D eigenvalue weighted by Gasteiger charge is 2.16. The minimum atomic E-state index is -4.18. The summed E-state index contributed by atoms with van der Waals surface area (Å²) in [4.78, 5) is 17.4. The first-order valence-corrected chi connectivity index (χ1v) is 11.1. The van der Waals surface area contributed by atoms with E-state index in [1.807, 2.05) is 14.0 Å². The number of halogens is 1. The third-order valence-corrected chi connectivity index (χ3v) is 7.04. The first-order valence-electron chi connectivity index (χ1n) is 8.82. The van der Waals surface area contributed by atoms with E-state index in [0.29, 0.717) is 22.6 Å². The van der Waals surface area contributed by atoms with Gasteiger partial charge >= 0.3 is 10.1 Å². The van der Waals surface area contributed by atoms with E-state index in [1.165, 1.54) is 25.6 Å². The van der Waals surface area contributed by atoms with Crippen molar-refractivity contribution in [2.75, 3.05) is 27.2 Å². The molecule has 158 valence electrons. The second kappa shape index (κ2) is 10.5. The number of likely N-dealkylation sites (tertiary alicyclic amines) is 1. The molecule has 1 atom stereocenters. The van der Waals surface area contributed by atoms with Crippen LogP contribution in [-0.4, -0.2) is 56.1 Å². The first kappa shape index (κ1) is 24.8. The molecule has 0 amide bonds. The molecule has 1 fully saturated rings. The van der Waals surface area contributed by atoms with Gasteiger partial charge in [0.15, 0.2) is 0 Å². The maximum Gasteiger partial charge on any atom is 0.304 e. The highest BCUT2D eigenvalue weighted by molar-refractivity contribution is 7.88. The second-order valence-corrected chi connectivity index (χ2v) is 9.38. The second-order valence-electron chi connectivity index (χ2n) is 6.65. The quantitative estimate of drug-likeness (QED) is 0.620. The number of aryl methyl sites for hydroxylation is 2. The third kappa shape index (κ3) is 6.40. The molecule has 1 aliphatic heterocycles. The van der Waals surface area contributed by atoms with Crippen LogP contribution in [0, 0.1) is 6.92 Å². The number of hydrogen-bond donors (Lipinski definition) is 3. The molecule has 28 heavy (non-hydrogen) atoms. The number of thiophene rings is 1. The zero-order valence-corrected chi connectivity index (χ0v) is 18.9. The summed E-state index contributed by atoms with van der Waals surface area (Å²) in [5.41, 5.74) is 1.96. The van der Waals surface area contributed by atoms with Crippen LogP contribution in [0.15, 0.2) is 27.2 Å². The Bertz CT molecular complexity index is 941. The molecule has 0 aliphatic carbocycles. The molecule has 0 bridgehead atoms. The summed E-state index contributed by atoms with van der Waals surface area (Å²) in [6.07, 6.45) is 1.91. The lowest BCUT2D eigenvalue weighted by Crippen LogP contribution is -2.27. The molecule has 3 rings (SSSR count). The van der Waals surface area contributed by atoms with E-state index in [0.717, 1.165) is 22.9 Å². The number of aromatic amines is 1. The Labute approximate surface area is 176 Å². The third-order valence-electron chi connectivity index (χ3n) is 4.60. The molecular weight excluding hydrogens is 422 g/mol. The Hall–Kier alpha value is -1.23. The zero-order valence-electron chi connectivity index (χ0n) is 16.5. The van der Waals surface area contributed by atoms with Gasteiger partial charge in [-0.15, -0.1) is 23.7 Å². The van der Waals surface area contributed by atoms with Crippen LogP contribution in [0.2, 0.25) is 0 Å². The number of likely N-dealkylation sites (N-methyl/N-ethyl adjacent to an activating group) is 2. The van der Waals surface area contributed by atoms with E-state index in [1.54, 1.807) is 19.1 Å². The maximum absolute atomic E-state index is 11.6. The van der Waals surface area contributed by atoms with Crippen molar-refractivity contribution in [3.63, 3.8) is 0 Å². The van der Waals surface area contributed by atoms with Crippen LogP contribution in [0.4, 0.5) is 0 Å². The smallest absolute Gasteiger partial charge is 0.304 e. The molecule has 2 aromatic heterocycles. The van der Waals surface area contributed by atoms with Gasteiger partial charge < -0.3 is 15.2 Å². The average molecular weight is 450 g/mol. The van der Waals surface area contributed by atoms with Gasteiger partial charge in [0.2, 0.25) is 0 Å². The molecule has 0 spiro atoms. The minimum absolute atomic E-state index is 0. The number of aromatic nitrogens is 1. The summed E-state index contributed by atoms with van der Waals surface area (Å²) in [5, 5.41) is 3.25. The molecule has 2 aromatic rings. The monoisotopic (exact) mass is 449 g/mol. The Kier molecular flexibility index (Phi) is 9.32. The number of nitrogens with zero attached hydrogens (tertiary/aromatic N) is 1. The van der Waals surface area contributed by atoms with Gasteiger partial charge in [-0.25, -0.2) is 0 Å². The van der Waals surface area contributed by atoms with E-state index < -0.39 is 10.1 Å². The van der Waals surface area contributed by atoms with E-state index in [-0.39, 0.29) is 22.2 Å². The van der Waals surface area contributed by atoms with Crippen LogP contribution in [0.5, 0.6) is 0 Å². The molecule has 3 N–H and O–H groups in total. The lowest BCUT2D eigenvalue weighted by molar-refractivity contribution is 0.403. The van der Waals surface area contributed by atoms with Crippen LogP contribution in [0.3, 0.4) is 0 Å². The van der Waals surface area contributed by atoms with E-state index >= 15 is 0 Å². The van der Waals surface area contributed by atoms with Gasteiger partial charge in [-0.1, -0.05) is 6.92 Å². The highest BCUT2D eigenvalue weighted by atomic mass is 35.5. The van der Waals surface area contributed by atoms with Crippen molar-refractivity contribution in [1.82, 2.24) is 15.2 Å². The van der Waals surface area contributed by atoms with Crippen molar-refractivity contribution < 1.29 is 13.0 Å². The average Bonchev–Trinajstić information content (AvgIpc) is 3.24. The maximum atomic E-state index is 11.6. The van der Waals surface area contributed by atoms with Gasteiger partial charge in [-0.05, 0) is 58.6 Å². The fourth-order valence-corrected chi connectivity index (χ4v) is 4.70. The van der Waals surface area contributed by atoms with Crippen molar-refractivity contribution >= 4 is 33.9 Å². The zero-order chi connectivity index (χ0) is 20.2. The fraction of sp³-hybridized carbons (Fsp3) is 0.500. The predicted molar refractivity (Wildman–Crippen MR) is 117 cm³/mol. The molecular formula is C18H28ClN3O4S2. The topological polar surface area (TPSA) is 102 Å². The Balaban J connectivity index is 0.000000367. The fourth-order valence-electron chi connectivity index (χ4n) is 2.96. The van der Waals surface area contributed by atoms with Crippen LogP contribution < -0.4 is 10.9 Å². The van der Waals surface area contributed by atoms with Crippen LogP contribution in [-0.2, 0) is 16.5 Å². The van der Waals surface area contributed by atoms with Crippen LogP contribution in [0.1, 0.15) is 24.6 Å². The summed E-state index contributed by atoms with van der Waals surface area (Å²) in [5.74, 6) is 0. The summed E-state index contributed by atoms with van der Waals surface area (Å²) >= 11 is 0.972. The number of H-pyrrole nitrogens is 1. The lowest BCUT2D eigenvalue weighted by atomic mass is 10.1. The van der Waals surface area contributed by atoms with Crippen molar-refractivity contribution in [2.24, 2.45) is 0 Å². The SMILES string of the molecule is CCc1cc(-c2ccc(S(=O)(=O)O)s2)c(C)[nH]c1=O.CNC1CCN(C)C1.Cl. The molecule has 3 heterocycles. The molecule has 0 saturated carbocycles. The standard InChI is InChI=1S/C12H13NO4S2.C6H14N2.ClH/c1-3-8-6-9(7(2)13-12(8)14)10-4-5-11(18-10)19(15,16)17;1-7-6-3-4-8(2)5-6;/h4-6H,3H2,1-2H3,(H,13,14)(H,15,16,17);6-7H,3-5H2,1-2H3;1H. The highest BCUT2D eigenvalue weighted by Crippen LogP contribution is 2.32. The Morgan fingerprint density at radius 1 is 1.39 bits per heavy atom. The molecule has 0 radical (unpaired) electrons. The van der Waals surface area contributed by atoms with Gasteiger partial charge in [-0.3, -0.25) is 9.35 Å². The molecule has 0 aromatic carbocycles. The van der Waals surface area contributed by atoms with Gasteiger partial charge in [0.1, 0.15) is 4.21 Å². The largest absolute Gasteiger partial charge is 0.326 e. The van der Waals surface area contributed by atoms with E-state index in [9.17, 15) is 13.2 Å². The number of nitrogens with one attached hydrogen (secondary N) is 2. The molecule has 1 unspecified atom stereocenters. The molecule has 1 aliphatic rings. The Morgan fingerprint density at radius 3 is 2.50 bits per heavy atom. The molecule has 7 nitrogen and oxygen atoms in total. The summed E-state index contributed by atoms with van der Waals surface area (Å²) in [7, 11) is 0.0155. The van der Waals surface area contributed by atoms with Crippen LogP contribution >= 0.6 is 23.7 Å². The lowest BCUT2D eigenvalue weighted by Gasteiger charge is -2.07. The van der Waals surface area contributed by atoms with Gasteiger partial charge in [-0.2, -0.15) is 8.42 Å². The van der Waals surface area contributed by atoms with Gasteiger partial charge in [0.05, 0.1) is 0 Å². The van der Waals surface area contributed by atoms with E-state index in [2.05, 4.69) is 22.2 Å². The molecule has 10 heteroatoms. The normalized spacial score (nSPS) is 17.0. The van der Waals surface area contributed by atoms with Crippen molar-refractivity contribution in [1.29, 1.82) is 0 Å². The van der Waals surface area contributed by atoms with Crippen molar-refractivity contribution in [3.05, 3.63) is 39.8 Å². The van der Waals surface area contributed by atoms with Crippen LogP contribution in [0.25, 0.3) is 10.4 Å². The summed E-state index contributed by atoms with van der Waals surface area (Å²) in [6, 6.07) is 5.48. The molecule has 1 saturated heterocycles. The number of rotatable bonds is 4. The summed E-state index contributed by atoms with van der Waals surface area (Å²) < 4.78 is 31.0. The Morgan fingerprint density at radius 2 is 2.07 bits per heavy atom. The van der Waals surface area contributed by atoms with Gasteiger partial charge in [0, 0.05) is 34.3 Å². The number of pyridine rings is 1. The predicted octanol–water partition coefficient (Wildman–Crippen LogP) is 2.55. The van der Waals surface area contributed by atoms with Gasteiger partial charge in [0.25, 0.3) is 5.56 Å². The van der Waals surface area contributed by atoms with Crippen molar-refractivity contribution in [2.45, 2.75) is 36.9 Å².